The summed E-state index contributed by atoms with van der Waals surface area (Å²) >= 11 is 9.02. The van der Waals surface area contributed by atoms with Crippen molar-refractivity contribution in [3.8, 4) is 0 Å². The van der Waals surface area contributed by atoms with Gasteiger partial charge >= 0.3 is 0 Å². The Morgan fingerprint density at radius 1 is 1.00 bits per heavy atom. The van der Waals surface area contributed by atoms with Gasteiger partial charge in [0.05, 0.1) is 4.90 Å². The van der Waals surface area contributed by atoms with Gasteiger partial charge in [-0.2, -0.15) is 12.8 Å². The van der Waals surface area contributed by atoms with Gasteiger partial charge in [-0.15, -0.1) is 0 Å². The molecule has 0 bridgehead atoms. The van der Waals surface area contributed by atoms with Crippen molar-refractivity contribution in [3.05, 3.63) is 63.6 Å². The van der Waals surface area contributed by atoms with Crippen molar-refractivity contribution in [1.82, 2.24) is 0 Å². The van der Waals surface area contributed by atoms with Crippen LogP contribution in [-0.2, 0) is 10.0 Å². The maximum absolute atomic E-state index is 11.9. The topological polar surface area (TPSA) is 46.5 Å². The number of hydrogen-bond acceptors (Lipinski definition) is 2. The Hall–Kier alpha value is -1.17. The third kappa shape index (κ3) is 3.89. The zero-order valence-corrected chi connectivity index (χ0v) is 12.8. The van der Waals surface area contributed by atoms with E-state index in [4.69, 9.17) is 11.6 Å². The highest BCUT2D eigenvalue weighted by molar-refractivity contribution is 9.10. The molecule has 0 unspecified atom stereocenters. The molecule has 0 N–H and O–H groups in total. The van der Waals surface area contributed by atoms with Crippen LogP contribution < -0.4 is 0 Å². The third-order valence-corrected chi connectivity index (χ3v) is 4.35. The number of sulfonamides is 1. The number of rotatable bonds is 3. The van der Waals surface area contributed by atoms with Gasteiger partial charge in [0.25, 0.3) is 10.0 Å². The Balaban J connectivity index is 2.26. The molecule has 0 aliphatic rings. The van der Waals surface area contributed by atoms with Crippen molar-refractivity contribution in [3.63, 3.8) is 0 Å². The van der Waals surface area contributed by atoms with Crippen molar-refractivity contribution in [1.29, 1.82) is 0 Å². The summed E-state index contributed by atoms with van der Waals surface area (Å²) < 4.78 is 28.4. The molecule has 98 valence electrons. The molecule has 0 amide bonds. The van der Waals surface area contributed by atoms with Crippen LogP contribution in [0.3, 0.4) is 0 Å². The lowest BCUT2D eigenvalue weighted by Gasteiger charge is -1.98. The van der Waals surface area contributed by atoms with E-state index in [0.717, 1.165) is 4.47 Å². The fourth-order valence-electron chi connectivity index (χ4n) is 1.35. The summed E-state index contributed by atoms with van der Waals surface area (Å²) in [5, 5.41) is 0.482. The largest absolute Gasteiger partial charge is 0.282 e. The highest BCUT2D eigenvalue weighted by Gasteiger charge is 2.10. The van der Waals surface area contributed by atoms with Crippen molar-refractivity contribution in [2.75, 3.05) is 0 Å². The molecule has 0 heterocycles. The molecule has 3 nitrogen and oxygen atoms in total. The zero-order valence-electron chi connectivity index (χ0n) is 9.62. The van der Waals surface area contributed by atoms with Gasteiger partial charge in [-0.1, -0.05) is 39.7 Å². The molecular weight excluding hydrogens is 350 g/mol. The minimum atomic E-state index is -3.69. The average Bonchev–Trinajstić information content (AvgIpc) is 2.39. The molecule has 0 fully saturated rings. The zero-order chi connectivity index (χ0) is 13.9. The molecule has 0 aliphatic carbocycles. The first-order valence-corrected chi connectivity index (χ1v) is 7.90. The second-order valence-electron chi connectivity index (χ2n) is 3.72. The molecule has 19 heavy (non-hydrogen) atoms. The van der Waals surface area contributed by atoms with Gasteiger partial charge in [0, 0.05) is 15.7 Å². The molecule has 0 atom stereocenters. The number of halogens is 2. The van der Waals surface area contributed by atoms with Gasteiger partial charge in [-0.05, 0) is 42.0 Å². The third-order valence-electron chi connectivity index (χ3n) is 2.32. The highest BCUT2D eigenvalue weighted by atomic mass is 79.9. The molecule has 0 saturated heterocycles. The van der Waals surface area contributed by atoms with Crippen molar-refractivity contribution in [2.45, 2.75) is 4.90 Å². The van der Waals surface area contributed by atoms with Crippen molar-refractivity contribution in [2.24, 2.45) is 4.40 Å². The number of benzene rings is 2. The monoisotopic (exact) mass is 357 g/mol. The Morgan fingerprint density at radius 2 is 1.58 bits per heavy atom. The quantitative estimate of drug-likeness (QED) is 0.781. The smallest absolute Gasteiger partial charge is 0.199 e. The average molecular weight is 359 g/mol. The second-order valence-corrected chi connectivity index (χ2v) is 6.70. The number of hydrogen-bond donors (Lipinski definition) is 0. The lowest BCUT2D eigenvalue weighted by molar-refractivity contribution is 0.598. The lowest BCUT2D eigenvalue weighted by Crippen LogP contribution is -1.97. The molecule has 0 aromatic heterocycles. The summed E-state index contributed by atoms with van der Waals surface area (Å²) in [4.78, 5) is 0.116. The van der Waals surface area contributed by atoms with E-state index >= 15 is 0 Å². The minimum Gasteiger partial charge on any atom is -0.199 e. The first-order valence-electron chi connectivity index (χ1n) is 5.29. The summed E-state index contributed by atoms with van der Waals surface area (Å²) in [5.41, 5.74) is 0.709. The Kier molecular flexibility index (Phi) is 4.39. The first kappa shape index (κ1) is 14.2. The van der Waals surface area contributed by atoms with E-state index in [-0.39, 0.29) is 4.90 Å². The molecule has 2 aromatic rings. The minimum absolute atomic E-state index is 0.116. The van der Waals surface area contributed by atoms with Gasteiger partial charge < -0.3 is 0 Å². The van der Waals surface area contributed by atoms with Crippen LogP contribution in [0.2, 0.25) is 5.02 Å². The molecule has 0 radical (unpaired) electrons. The predicted molar refractivity (Wildman–Crippen MR) is 80.4 cm³/mol. The summed E-state index contributed by atoms with van der Waals surface area (Å²) in [5.74, 6) is 0. The summed E-state index contributed by atoms with van der Waals surface area (Å²) in [6.45, 7) is 0. The maximum Gasteiger partial charge on any atom is 0.282 e. The van der Waals surface area contributed by atoms with Crippen LogP contribution in [0.1, 0.15) is 5.56 Å². The molecule has 0 saturated carbocycles. The Labute approximate surface area is 125 Å². The van der Waals surface area contributed by atoms with Crippen LogP contribution in [0, 0.1) is 0 Å². The summed E-state index contributed by atoms with van der Waals surface area (Å²) in [7, 11) is -3.69. The van der Waals surface area contributed by atoms with E-state index in [1.807, 2.05) is 12.1 Å². The Morgan fingerprint density at radius 3 is 2.16 bits per heavy atom. The van der Waals surface area contributed by atoms with Crippen LogP contribution in [0.25, 0.3) is 0 Å². The van der Waals surface area contributed by atoms with Crippen LogP contribution in [0.5, 0.6) is 0 Å². The molecule has 2 aromatic carbocycles. The van der Waals surface area contributed by atoms with Crippen LogP contribution in [0.4, 0.5) is 0 Å². The fraction of sp³-hybridized carbons (Fsp3) is 0. The summed E-state index contributed by atoms with van der Waals surface area (Å²) in [6.07, 6.45) is 1.32. The van der Waals surface area contributed by atoms with Crippen molar-refractivity contribution >= 4 is 43.8 Å². The lowest BCUT2D eigenvalue weighted by atomic mass is 10.2. The highest BCUT2D eigenvalue weighted by Crippen LogP contribution is 2.16. The fourth-order valence-corrected chi connectivity index (χ4v) is 2.60. The molecular formula is C13H9BrClNO2S. The van der Waals surface area contributed by atoms with E-state index in [9.17, 15) is 8.42 Å². The van der Waals surface area contributed by atoms with Gasteiger partial charge in [-0.25, -0.2) is 0 Å². The summed E-state index contributed by atoms with van der Waals surface area (Å²) in [6, 6.07) is 13.1. The first-order chi connectivity index (χ1) is 8.97. The molecule has 6 heteroatoms. The maximum atomic E-state index is 11.9. The van der Waals surface area contributed by atoms with Gasteiger partial charge in [0.2, 0.25) is 0 Å². The Bertz CT molecular complexity index is 694. The van der Waals surface area contributed by atoms with E-state index in [0.29, 0.717) is 10.6 Å². The molecule has 0 spiro atoms. The SMILES string of the molecule is O=S(=O)(N=Cc1ccc(Br)cc1)c1ccc(Cl)cc1. The predicted octanol–water partition coefficient (Wildman–Crippen LogP) is 3.91. The van der Waals surface area contributed by atoms with Crippen LogP contribution >= 0.6 is 27.5 Å². The normalized spacial score (nSPS) is 11.9. The van der Waals surface area contributed by atoms with Gasteiger partial charge in [-0.3, -0.25) is 0 Å². The number of nitrogens with zero attached hydrogens (tertiary/aromatic N) is 1. The van der Waals surface area contributed by atoms with Crippen LogP contribution in [-0.4, -0.2) is 14.6 Å². The second kappa shape index (κ2) is 5.86. The molecule has 2 rings (SSSR count). The van der Waals surface area contributed by atoms with E-state index < -0.39 is 10.0 Å². The van der Waals surface area contributed by atoms with Gasteiger partial charge in [0.1, 0.15) is 0 Å². The van der Waals surface area contributed by atoms with Crippen molar-refractivity contribution < 1.29 is 8.42 Å². The standard InChI is InChI=1S/C13H9BrClNO2S/c14-11-3-1-10(2-4-11)9-16-19(17,18)13-7-5-12(15)6-8-13/h1-9H. The van der Waals surface area contributed by atoms with E-state index in [1.54, 1.807) is 12.1 Å². The molecule has 0 aliphatic heterocycles. The van der Waals surface area contributed by atoms with Crippen LogP contribution in [0.15, 0.2) is 62.3 Å². The van der Waals surface area contributed by atoms with E-state index in [1.165, 1.54) is 30.5 Å². The van der Waals surface area contributed by atoms with Gasteiger partial charge in [0.15, 0.2) is 0 Å². The van der Waals surface area contributed by atoms with E-state index in [2.05, 4.69) is 20.3 Å².